The summed E-state index contributed by atoms with van der Waals surface area (Å²) in [6.45, 7) is 4.57. The van der Waals surface area contributed by atoms with Gasteiger partial charge in [0.2, 0.25) is 5.95 Å². The van der Waals surface area contributed by atoms with Crippen LogP contribution in [0.15, 0.2) is 59.0 Å². The number of benzene rings is 1. The standard InChI is InChI=1S/C26H29ClF3N7/c1-2-18-20-13-36(17-11-22(27)34-31-12-17)14-21(20)23(18)32-25-33-24-19(8-3-4-9-37(24)35-25)15-6-5-7-16(10-15)26(28,29)30/h2,5-7,10-12,19-21,23,31,34H,3-4,8-9,13-14H2,1H3,(H,32,35). The first kappa shape index (κ1) is 24.2. The molecule has 0 bridgehead atoms. The number of likely N-dealkylation sites (tertiary alicyclic amines) is 1. The maximum Gasteiger partial charge on any atom is 0.416 e. The van der Waals surface area contributed by atoms with Crippen LogP contribution in [-0.2, 0) is 12.7 Å². The van der Waals surface area contributed by atoms with Crippen LogP contribution in [0.25, 0.3) is 0 Å². The van der Waals surface area contributed by atoms with Gasteiger partial charge in [-0.05, 0) is 43.0 Å². The number of halogens is 4. The molecule has 37 heavy (non-hydrogen) atoms. The van der Waals surface area contributed by atoms with Crippen LogP contribution in [0.1, 0.15) is 49.1 Å². The van der Waals surface area contributed by atoms with Crippen LogP contribution < -0.4 is 16.2 Å². The predicted octanol–water partition coefficient (Wildman–Crippen LogP) is 4.93. The molecular weight excluding hydrogens is 503 g/mol. The van der Waals surface area contributed by atoms with Gasteiger partial charge in [-0.25, -0.2) is 4.68 Å². The summed E-state index contributed by atoms with van der Waals surface area (Å²) in [5.74, 6) is 1.90. The van der Waals surface area contributed by atoms with Crippen molar-refractivity contribution in [3.05, 3.63) is 76.0 Å². The monoisotopic (exact) mass is 531 g/mol. The smallest absolute Gasteiger partial charge is 0.369 e. The van der Waals surface area contributed by atoms with E-state index < -0.39 is 11.7 Å². The van der Waals surface area contributed by atoms with E-state index in [4.69, 9.17) is 21.7 Å². The molecule has 0 radical (unpaired) electrons. The Labute approximate surface area is 218 Å². The molecule has 1 aromatic heterocycles. The van der Waals surface area contributed by atoms with Crippen molar-refractivity contribution < 1.29 is 13.2 Å². The van der Waals surface area contributed by atoms with Crippen LogP contribution in [0, 0.1) is 11.8 Å². The van der Waals surface area contributed by atoms with E-state index in [-0.39, 0.29) is 12.0 Å². The number of hydrogen-bond acceptors (Lipinski definition) is 6. The number of hydrazine groups is 1. The predicted molar refractivity (Wildman–Crippen MR) is 135 cm³/mol. The Bertz CT molecular complexity index is 1280. The molecule has 2 aromatic rings. The van der Waals surface area contributed by atoms with E-state index in [0.29, 0.717) is 35.0 Å². The average Bonchev–Trinajstić information content (AvgIpc) is 3.39. The van der Waals surface area contributed by atoms with Crippen molar-refractivity contribution in [2.75, 3.05) is 18.4 Å². The molecule has 1 aliphatic carbocycles. The molecule has 4 unspecified atom stereocenters. The molecule has 0 amide bonds. The molecule has 196 valence electrons. The molecule has 4 heterocycles. The van der Waals surface area contributed by atoms with E-state index in [1.54, 1.807) is 6.07 Å². The first-order chi connectivity index (χ1) is 17.8. The lowest BCUT2D eigenvalue weighted by molar-refractivity contribution is -0.137. The van der Waals surface area contributed by atoms with Crippen LogP contribution in [0.3, 0.4) is 0 Å². The lowest BCUT2D eigenvalue weighted by atomic mass is 9.67. The van der Waals surface area contributed by atoms with Crippen LogP contribution in [0.5, 0.6) is 0 Å². The van der Waals surface area contributed by atoms with Crippen LogP contribution >= 0.6 is 11.6 Å². The van der Waals surface area contributed by atoms with Crippen molar-refractivity contribution >= 4 is 17.5 Å². The van der Waals surface area contributed by atoms with Crippen molar-refractivity contribution in [2.45, 2.75) is 50.9 Å². The molecule has 4 aliphatic rings. The lowest BCUT2D eigenvalue weighted by Crippen LogP contribution is -2.48. The highest BCUT2D eigenvalue weighted by Crippen LogP contribution is 2.48. The third-order valence-corrected chi connectivity index (χ3v) is 8.19. The van der Waals surface area contributed by atoms with Gasteiger partial charge in [0.25, 0.3) is 0 Å². The Balaban J connectivity index is 1.23. The highest BCUT2D eigenvalue weighted by molar-refractivity contribution is 6.29. The number of nitrogens with zero attached hydrogens (tertiary/aromatic N) is 4. The molecule has 7 nitrogen and oxygen atoms in total. The Morgan fingerprint density at radius 2 is 2.08 bits per heavy atom. The second-order valence-corrected chi connectivity index (χ2v) is 10.5. The molecule has 1 saturated carbocycles. The molecule has 11 heteroatoms. The summed E-state index contributed by atoms with van der Waals surface area (Å²) < 4.78 is 42.0. The highest BCUT2D eigenvalue weighted by atomic mass is 35.5. The van der Waals surface area contributed by atoms with Gasteiger partial charge in [0.15, 0.2) is 0 Å². The molecule has 1 aromatic carbocycles. The van der Waals surface area contributed by atoms with Crippen molar-refractivity contribution in [1.29, 1.82) is 0 Å². The fourth-order valence-corrected chi connectivity index (χ4v) is 6.37. The zero-order valence-electron chi connectivity index (χ0n) is 20.4. The van der Waals surface area contributed by atoms with E-state index in [1.165, 1.54) is 17.7 Å². The van der Waals surface area contributed by atoms with E-state index in [9.17, 15) is 13.2 Å². The minimum absolute atomic E-state index is 0.119. The number of alkyl halides is 3. The van der Waals surface area contributed by atoms with Gasteiger partial charge in [0.05, 0.1) is 17.3 Å². The minimum atomic E-state index is -4.37. The van der Waals surface area contributed by atoms with E-state index in [1.807, 2.05) is 17.0 Å². The summed E-state index contributed by atoms with van der Waals surface area (Å²) in [7, 11) is 0. The first-order valence-electron chi connectivity index (χ1n) is 12.7. The van der Waals surface area contributed by atoms with Crippen molar-refractivity contribution in [3.8, 4) is 0 Å². The third-order valence-electron chi connectivity index (χ3n) is 7.99. The molecule has 2 fully saturated rings. The van der Waals surface area contributed by atoms with E-state index in [2.05, 4.69) is 34.1 Å². The molecule has 6 rings (SSSR count). The summed E-state index contributed by atoms with van der Waals surface area (Å²) in [5, 5.41) is 8.87. The number of rotatable bonds is 4. The van der Waals surface area contributed by atoms with Gasteiger partial charge in [-0.1, -0.05) is 42.3 Å². The van der Waals surface area contributed by atoms with Gasteiger partial charge >= 0.3 is 6.18 Å². The Hall–Kier alpha value is -3.14. The van der Waals surface area contributed by atoms with Gasteiger partial charge in [-0.2, -0.15) is 18.2 Å². The second-order valence-electron chi connectivity index (χ2n) is 10.1. The SMILES string of the molecule is CC=C1C2CN(C3=CNNC(Cl)=C3)CC2C1Nc1nc2n(n1)CCCCC2c1cccc(C(F)(F)F)c1. The van der Waals surface area contributed by atoms with E-state index >= 15 is 0 Å². The number of fused-ring (bicyclic) bond motifs is 2. The highest BCUT2D eigenvalue weighted by Gasteiger charge is 2.51. The Morgan fingerprint density at radius 1 is 1.22 bits per heavy atom. The van der Waals surface area contributed by atoms with Crippen molar-refractivity contribution in [1.82, 2.24) is 30.5 Å². The molecule has 3 N–H and O–H groups in total. The number of allylic oxidation sites excluding steroid dienone is 2. The molecule has 4 atom stereocenters. The summed E-state index contributed by atoms with van der Waals surface area (Å²) in [6, 6.07) is 5.75. The summed E-state index contributed by atoms with van der Waals surface area (Å²) in [5.41, 5.74) is 8.24. The average molecular weight is 532 g/mol. The number of aromatic nitrogens is 3. The van der Waals surface area contributed by atoms with Crippen LogP contribution in [0.4, 0.5) is 19.1 Å². The second kappa shape index (κ2) is 9.31. The van der Waals surface area contributed by atoms with Gasteiger partial charge in [-0.15, -0.1) is 5.10 Å². The molecule has 0 spiro atoms. The lowest BCUT2D eigenvalue weighted by Gasteiger charge is -2.42. The maximum atomic E-state index is 13.4. The van der Waals surface area contributed by atoms with Gasteiger partial charge in [0.1, 0.15) is 11.0 Å². The summed E-state index contributed by atoms with van der Waals surface area (Å²) in [4.78, 5) is 7.18. The van der Waals surface area contributed by atoms with Gasteiger partial charge in [-0.3, -0.25) is 5.43 Å². The minimum Gasteiger partial charge on any atom is -0.369 e. The summed E-state index contributed by atoms with van der Waals surface area (Å²) in [6.07, 6.45) is 4.21. The zero-order chi connectivity index (χ0) is 25.7. The zero-order valence-corrected chi connectivity index (χ0v) is 21.2. The quantitative estimate of drug-likeness (QED) is 0.384. The number of anilines is 1. The van der Waals surface area contributed by atoms with Crippen LogP contribution in [0.2, 0.25) is 0 Å². The molecular formula is C26H29ClF3N7. The Morgan fingerprint density at radius 3 is 2.86 bits per heavy atom. The molecule has 1 saturated heterocycles. The van der Waals surface area contributed by atoms with Gasteiger partial charge < -0.3 is 15.6 Å². The number of hydrogen-bond donors (Lipinski definition) is 3. The van der Waals surface area contributed by atoms with Gasteiger partial charge in [0, 0.05) is 43.6 Å². The Kier molecular flexibility index (Phi) is 6.09. The van der Waals surface area contributed by atoms with Crippen LogP contribution in [-0.4, -0.2) is 38.8 Å². The fourth-order valence-electron chi connectivity index (χ4n) is 6.21. The first-order valence-corrected chi connectivity index (χ1v) is 13.1. The van der Waals surface area contributed by atoms with Crippen molar-refractivity contribution in [2.24, 2.45) is 11.8 Å². The van der Waals surface area contributed by atoms with E-state index in [0.717, 1.165) is 49.9 Å². The molecule has 3 aliphatic heterocycles. The summed E-state index contributed by atoms with van der Waals surface area (Å²) >= 11 is 6.14. The number of aryl methyl sites for hydroxylation is 1. The van der Waals surface area contributed by atoms with Crippen molar-refractivity contribution in [3.63, 3.8) is 0 Å². The third kappa shape index (κ3) is 4.45. The maximum absolute atomic E-state index is 13.4. The largest absolute Gasteiger partial charge is 0.416 e. The number of nitrogens with one attached hydrogen (secondary N) is 3. The normalized spacial score (nSPS) is 28.2. The fraction of sp³-hybridized carbons (Fsp3) is 0.462. The topological polar surface area (TPSA) is 70.0 Å².